The molecule has 1 aliphatic rings. The number of ether oxygens (including phenoxy) is 3. The van der Waals surface area contributed by atoms with Crippen molar-refractivity contribution in [3.8, 4) is 0 Å². The third-order valence-corrected chi connectivity index (χ3v) is 3.57. The highest BCUT2D eigenvalue weighted by Gasteiger charge is 2.27. The maximum absolute atomic E-state index is 10.5. The Kier molecular flexibility index (Phi) is 5.98. The summed E-state index contributed by atoms with van der Waals surface area (Å²) in [5, 5.41) is 10.5. The minimum absolute atomic E-state index is 0.112. The van der Waals surface area contributed by atoms with Gasteiger partial charge in [-0.05, 0) is 19.3 Å². The van der Waals surface area contributed by atoms with Crippen LogP contribution in [0.2, 0.25) is 0 Å². The number of rotatable bonds is 7. The van der Waals surface area contributed by atoms with Gasteiger partial charge in [0.25, 0.3) is 0 Å². The average molecular weight is 280 g/mol. The summed E-state index contributed by atoms with van der Waals surface area (Å²) in [6.07, 6.45) is 3.58. The lowest BCUT2D eigenvalue weighted by molar-refractivity contribution is -0.234. The fraction of sp³-hybridized carbons (Fsp3) is 0.625. The van der Waals surface area contributed by atoms with Crippen molar-refractivity contribution in [2.75, 3.05) is 19.8 Å². The van der Waals surface area contributed by atoms with Crippen LogP contribution < -0.4 is 0 Å². The van der Waals surface area contributed by atoms with Gasteiger partial charge in [0.2, 0.25) is 0 Å². The molecule has 2 atom stereocenters. The Labute approximate surface area is 120 Å². The molecule has 0 amide bonds. The molecule has 4 heteroatoms. The molecule has 112 valence electrons. The summed E-state index contributed by atoms with van der Waals surface area (Å²) in [6, 6.07) is 9.45. The molecule has 4 nitrogen and oxygen atoms in total. The summed E-state index contributed by atoms with van der Waals surface area (Å²) in [5.74, 6) is -1.24. The van der Waals surface area contributed by atoms with Gasteiger partial charge in [-0.1, -0.05) is 37.3 Å². The van der Waals surface area contributed by atoms with Gasteiger partial charge in [0.05, 0.1) is 13.2 Å². The second kappa shape index (κ2) is 7.74. The predicted octanol–water partition coefficient (Wildman–Crippen LogP) is 2.80. The van der Waals surface area contributed by atoms with Gasteiger partial charge in [0.15, 0.2) is 12.1 Å². The van der Waals surface area contributed by atoms with Crippen molar-refractivity contribution in [3.05, 3.63) is 35.9 Å². The summed E-state index contributed by atoms with van der Waals surface area (Å²) >= 11 is 0. The van der Waals surface area contributed by atoms with Crippen molar-refractivity contribution in [1.29, 1.82) is 0 Å². The third-order valence-electron chi connectivity index (χ3n) is 3.57. The lowest BCUT2D eigenvalue weighted by atomic mass is 10.0. The molecule has 0 aromatic heterocycles. The zero-order chi connectivity index (χ0) is 14.3. The van der Waals surface area contributed by atoms with Crippen molar-refractivity contribution < 1.29 is 19.3 Å². The van der Waals surface area contributed by atoms with Crippen LogP contribution in [0.15, 0.2) is 30.3 Å². The lowest BCUT2D eigenvalue weighted by Gasteiger charge is -2.28. The minimum Gasteiger partial charge on any atom is -0.362 e. The van der Waals surface area contributed by atoms with E-state index in [0.29, 0.717) is 19.6 Å². The van der Waals surface area contributed by atoms with Crippen molar-refractivity contribution in [2.24, 2.45) is 0 Å². The van der Waals surface area contributed by atoms with Crippen LogP contribution in [0, 0.1) is 0 Å². The Balaban J connectivity index is 1.76. The van der Waals surface area contributed by atoms with Crippen LogP contribution in [0.3, 0.4) is 0 Å². The summed E-state index contributed by atoms with van der Waals surface area (Å²) in [4.78, 5) is 0. The summed E-state index contributed by atoms with van der Waals surface area (Å²) in [6.45, 7) is 3.45. The van der Waals surface area contributed by atoms with Gasteiger partial charge in [0, 0.05) is 18.6 Å². The standard InChI is InChI=1S/C16H24O4/c1-2-16(17,14-8-4-3-5-9-14)20-13-12-19-15-10-6-7-11-18-15/h3-5,8-9,15,17H,2,6-7,10-13H2,1H3. The molecule has 1 saturated heterocycles. The van der Waals surface area contributed by atoms with Crippen molar-refractivity contribution in [3.63, 3.8) is 0 Å². The van der Waals surface area contributed by atoms with E-state index in [0.717, 1.165) is 31.4 Å². The van der Waals surface area contributed by atoms with Gasteiger partial charge in [-0.2, -0.15) is 0 Å². The van der Waals surface area contributed by atoms with Gasteiger partial charge >= 0.3 is 0 Å². The Morgan fingerprint density at radius 2 is 2.05 bits per heavy atom. The fourth-order valence-electron chi connectivity index (χ4n) is 2.32. The van der Waals surface area contributed by atoms with Crippen molar-refractivity contribution in [2.45, 2.75) is 44.7 Å². The normalized spacial score (nSPS) is 22.4. The van der Waals surface area contributed by atoms with E-state index in [2.05, 4.69) is 0 Å². The van der Waals surface area contributed by atoms with E-state index in [-0.39, 0.29) is 6.29 Å². The zero-order valence-corrected chi connectivity index (χ0v) is 12.1. The maximum Gasteiger partial charge on any atom is 0.192 e. The number of aliphatic hydroxyl groups is 1. The van der Waals surface area contributed by atoms with Gasteiger partial charge in [-0.25, -0.2) is 0 Å². The maximum atomic E-state index is 10.5. The smallest absolute Gasteiger partial charge is 0.192 e. The average Bonchev–Trinajstić information content (AvgIpc) is 2.53. The van der Waals surface area contributed by atoms with E-state index in [4.69, 9.17) is 14.2 Å². The molecule has 1 aromatic rings. The monoisotopic (exact) mass is 280 g/mol. The quantitative estimate of drug-likeness (QED) is 0.616. The van der Waals surface area contributed by atoms with Crippen molar-refractivity contribution in [1.82, 2.24) is 0 Å². The van der Waals surface area contributed by atoms with Crippen LogP contribution in [0.1, 0.15) is 38.2 Å². The lowest BCUT2D eigenvalue weighted by Crippen LogP contribution is -2.31. The largest absolute Gasteiger partial charge is 0.362 e. The van der Waals surface area contributed by atoms with E-state index >= 15 is 0 Å². The van der Waals surface area contributed by atoms with E-state index in [9.17, 15) is 5.11 Å². The Hall–Kier alpha value is -0.940. The Bertz CT molecular complexity index is 375. The second-order valence-electron chi connectivity index (χ2n) is 5.02. The van der Waals surface area contributed by atoms with Crippen LogP contribution in [-0.4, -0.2) is 31.2 Å². The molecule has 1 fully saturated rings. The first-order valence-electron chi connectivity index (χ1n) is 7.39. The summed E-state index contributed by atoms with van der Waals surface area (Å²) in [7, 11) is 0. The molecule has 1 N–H and O–H groups in total. The molecule has 1 heterocycles. The first kappa shape index (κ1) is 15.4. The molecule has 0 saturated carbocycles. The third kappa shape index (κ3) is 4.28. The first-order valence-corrected chi connectivity index (χ1v) is 7.39. The molecular formula is C16H24O4. The van der Waals surface area contributed by atoms with E-state index in [1.54, 1.807) is 0 Å². The van der Waals surface area contributed by atoms with Crippen molar-refractivity contribution >= 4 is 0 Å². The van der Waals surface area contributed by atoms with Crippen LogP contribution in [-0.2, 0) is 20.0 Å². The number of hydrogen-bond donors (Lipinski definition) is 1. The van der Waals surface area contributed by atoms with Crippen LogP contribution in [0.4, 0.5) is 0 Å². The zero-order valence-electron chi connectivity index (χ0n) is 12.1. The van der Waals surface area contributed by atoms with Gasteiger partial charge < -0.3 is 19.3 Å². The SMILES string of the molecule is CCC(O)(OCCOC1CCCCO1)c1ccccc1. The number of benzene rings is 1. The molecule has 0 spiro atoms. The molecule has 0 radical (unpaired) electrons. The fourth-order valence-corrected chi connectivity index (χ4v) is 2.32. The summed E-state index contributed by atoms with van der Waals surface area (Å²) < 4.78 is 16.7. The topological polar surface area (TPSA) is 47.9 Å². The molecule has 1 aromatic carbocycles. The van der Waals surface area contributed by atoms with Gasteiger partial charge in [-0.3, -0.25) is 0 Å². The number of hydrogen-bond acceptors (Lipinski definition) is 4. The molecule has 1 aliphatic heterocycles. The first-order chi connectivity index (χ1) is 9.74. The highest BCUT2D eigenvalue weighted by atomic mass is 16.7. The van der Waals surface area contributed by atoms with Crippen LogP contribution in [0.5, 0.6) is 0 Å². The highest BCUT2D eigenvalue weighted by molar-refractivity contribution is 5.19. The van der Waals surface area contributed by atoms with E-state index < -0.39 is 5.79 Å². The molecule has 2 rings (SSSR count). The second-order valence-corrected chi connectivity index (χ2v) is 5.02. The van der Waals surface area contributed by atoms with E-state index in [1.165, 1.54) is 0 Å². The molecule has 0 bridgehead atoms. The highest BCUT2D eigenvalue weighted by Crippen LogP contribution is 2.26. The molecule has 2 unspecified atom stereocenters. The van der Waals surface area contributed by atoms with Crippen LogP contribution >= 0.6 is 0 Å². The summed E-state index contributed by atoms with van der Waals surface area (Å²) in [5.41, 5.74) is 0.774. The van der Waals surface area contributed by atoms with E-state index in [1.807, 2.05) is 37.3 Å². The molecule has 20 heavy (non-hydrogen) atoms. The molecular weight excluding hydrogens is 256 g/mol. The van der Waals surface area contributed by atoms with Gasteiger partial charge in [-0.15, -0.1) is 0 Å². The Morgan fingerprint density at radius 3 is 2.70 bits per heavy atom. The predicted molar refractivity (Wildman–Crippen MR) is 76.1 cm³/mol. The van der Waals surface area contributed by atoms with Crippen LogP contribution in [0.25, 0.3) is 0 Å². The minimum atomic E-state index is -1.24. The Morgan fingerprint density at radius 1 is 1.25 bits per heavy atom. The molecule has 0 aliphatic carbocycles. The van der Waals surface area contributed by atoms with Gasteiger partial charge in [0.1, 0.15) is 0 Å².